The smallest absolute Gasteiger partial charge is 0.410 e. The summed E-state index contributed by atoms with van der Waals surface area (Å²) in [7, 11) is -0.830. The van der Waals surface area contributed by atoms with Gasteiger partial charge in [-0.15, -0.1) is 0 Å². The van der Waals surface area contributed by atoms with E-state index in [1.165, 1.54) is 13.3 Å². The van der Waals surface area contributed by atoms with Gasteiger partial charge >= 0.3 is 12.1 Å². The molecular formula is C31H42N4O6Si. The number of ether oxygens (including phenoxy) is 2. The molecule has 0 aliphatic carbocycles. The van der Waals surface area contributed by atoms with Crippen molar-refractivity contribution in [2.24, 2.45) is 5.41 Å². The lowest BCUT2D eigenvalue weighted by molar-refractivity contribution is -0.122. The van der Waals surface area contributed by atoms with Crippen LogP contribution in [0.15, 0.2) is 48.9 Å². The number of hydrogen-bond acceptors (Lipinski definition) is 8. The highest BCUT2D eigenvalue weighted by molar-refractivity contribution is 6.71. The largest absolute Gasteiger partial charge is 0.464 e. The summed E-state index contributed by atoms with van der Waals surface area (Å²) in [6.45, 7) is 11.7. The van der Waals surface area contributed by atoms with Crippen molar-refractivity contribution in [1.82, 2.24) is 19.4 Å². The molecule has 4 rings (SSSR count). The summed E-state index contributed by atoms with van der Waals surface area (Å²) in [5, 5.41) is 0. The van der Waals surface area contributed by atoms with Gasteiger partial charge < -0.3 is 23.4 Å². The topological polar surface area (TPSA) is 113 Å². The van der Waals surface area contributed by atoms with Crippen molar-refractivity contribution < 1.29 is 28.3 Å². The molecule has 0 unspecified atom stereocenters. The van der Waals surface area contributed by atoms with Gasteiger partial charge in [-0.1, -0.05) is 51.1 Å². The van der Waals surface area contributed by atoms with Gasteiger partial charge in [0.05, 0.1) is 49.4 Å². The zero-order valence-electron chi connectivity index (χ0n) is 25.5. The number of amides is 1. The van der Waals surface area contributed by atoms with Crippen LogP contribution in [0.3, 0.4) is 0 Å². The molecule has 1 aromatic carbocycles. The second-order valence-electron chi connectivity index (χ2n) is 12.8. The predicted octanol–water partition coefficient (Wildman–Crippen LogP) is 5.61. The van der Waals surface area contributed by atoms with Crippen molar-refractivity contribution in [3.63, 3.8) is 0 Å². The summed E-state index contributed by atoms with van der Waals surface area (Å²) in [4.78, 5) is 49.0. The number of methoxy groups -OCH3 is 1. The summed E-state index contributed by atoms with van der Waals surface area (Å²) in [5.74, 6) is -0.619. The number of ketones is 1. The maximum atomic E-state index is 13.6. The predicted molar refractivity (Wildman–Crippen MR) is 161 cm³/mol. The number of carbonyl (C=O) groups is 3. The first-order valence-corrected chi connectivity index (χ1v) is 17.5. The maximum absolute atomic E-state index is 13.6. The first-order valence-electron chi connectivity index (χ1n) is 14.4. The number of imidazole rings is 1. The summed E-state index contributed by atoms with van der Waals surface area (Å²) < 4.78 is 19.0. The van der Waals surface area contributed by atoms with Gasteiger partial charge in [-0.25, -0.2) is 19.6 Å². The third kappa shape index (κ3) is 8.25. The fraction of sp³-hybridized carbons (Fsp3) is 0.516. The molecule has 2 atom stereocenters. The van der Waals surface area contributed by atoms with Gasteiger partial charge in [-0.2, -0.15) is 0 Å². The number of benzene rings is 1. The molecule has 0 spiro atoms. The Kier molecular flexibility index (Phi) is 9.83. The minimum atomic E-state index is -2.12. The Balaban J connectivity index is 1.53. The van der Waals surface area contributed by atoms with E-state index < -0.39 is 26.4 Å². The molecule has 0 bridgehead atoms. The lowest BCUT2D eigenvalue weighted by atomic mass is 9.95. The van der Waals surface area contributed by atoms with E-state index in [1.807, 2.05) is 30.3 Å². The first kappa shape index (κ1) is 31.4. The maximum Gasteiger partial charge on any atom is 0.410 e. The fourth-order valence-corrected chi connectivity index (χ4v) is 9.68. The van der Waals surface area contributed by atoms with Gasteiger partial charge in [-0.3, -0.25) is 4.79 Å². The van der Waals surface area contributed by atoms with E-state index in [4.69, 9.17) is 13.9 Å². The van der Waals surface area contributed by atoms with Gasteiger partial charge in [-0.05, 0) is 49.0 Å². The zero-order chi connectivity index (χ0) is 30.5. The molecule has 1 amide bonds. The Morgan fingerprint density at radius 2 is 1.83 bits per heavy atom. The van der Waals surface area contributed by atoms with Gasteiger partial charge in [0, 0.05) is 13.0 Å². The molecule has 226 valence electrons. The molecule has 3 aromatic rings. The minimum Gasteiger partial charge on any atom is -0.464 e. The number of nitrogens with zero attached hydrogens (tertiary/aromatic N) is 4. The van der Waals surface area contributed by atoms with E-state index in [1.54, 1.807) is 21.9 Å². The molecule has 0 N–H and O–H groups in total. The zero-order valence-corrected chi connectivity index (χ0v) is 26.5. The molecule has 1 saturated heterocycles. The Morgan fingerprint density at radius 3 is 2.52 bits per heavy atom. The third-order valence-electron chi connectivity index (χ3n) is 7.27. The van der Waals surface area contributed by atoms with E-state index in [0.29, 0.717) is 17.6 Å². The number of rotatable bonds is 10. The van der Waals surface area contributed by atoms with E-state index in [-0.39, 0.29) is 42.6 Å². The van der Waals surface area contributed by atoms with Crippen LogP contribution in [0.1, 0.15) is 56.1 Å². The number of fused-ring (bicyclic) bond motifs is 1. The molecule has 10 nitrogen and oxygen atoms in total. The number of aromatic nitrogens is 3. The van der Waals surface area contributed by atoms with E-state index in [0.717, 1.165) is 24.4 Å². The van der Waals surface area contributed by atoms with Crippen LogP contribution in [0.25, 0.3) is 11.0 Å². The van der Waals surface area contributed by atoms with Crippen LogP contribution in [0.4, 0.5) is 4.79 Å². The summed E-state index contributed by atoms with van der Waals surface area (Å²) in [5.41, 5.74) is 2.32. The van der Waals surface area contributed by atoms with E-state index >= 15 is 0 Å². The summed E-state index contributed by atoms with van der Waals surface area (Å²) in [6.07, 6.45) is 4.05. The van der Waals surface area contributed by atoms with Crippen molar-refractivity contribution in [3.05, 3.63) is 60.2 Å². The van der Waals surface area contributed by atoms with Crippen molar-refractivity contribution in [3.8, 4) is 0 Å². The molecule has 2 aromatic heterocycles. The fourth-order valence-electron chi connectivity index (χ4n) is 5.94. The van der Waals surface area contributed by atoms with E-state index in [9.17, 15) is 14.4 Å². The molecule has 0 saturated carbocycles. The highest BCUT2D eigenvalue weighted by Crippen LogP contribution is 2.33. The van der Waals surface area contributed by atoms with Crippen molar-refractivity contribution in [1.29, 1.82) is 0 Å². The van der Waals surface area contributed by atoms with Gasteiger partial charge in [0.15, 0.2) is 19.8 Å². The van der Waals surface area contributed by atoms with Crippen LogP contribution in [0, 0.1) is 5.41 Å². The van der Waals surface area contributed by atoms with Crippen LogP contribution in [0.5, 0.6) is 0 Å². The second-order valence-corrected chi connectivity index (χ2v) is 16.9. The lowest BCUT2D eigenvalue weighted by Gasteiger charge is -2.44. The van der Waals surface area contributed by atoms with Gasteiger partial charge in [0.2, 0.25) is 0 Å². The molecule has 11 heteroatoms. The average molecular weight is 595 g/mol. The second kappa shape index (κ2) is 13.2. The monoisotopic (exact) mass is 594 g/mol. The molecular weight excluding hydrogens is 552 g/mol. The molecule has 1 fully saturated rings. The van der Waals surface area contributed by atoms with Crippen molar-refractivity contribution >= 4 is 37.2 Å². The van der Waals surface area contributed by atoms with Gasteiger partial charge in [0.1, 0.15) is 6.61 Å². The highest BCUT2D eigenvalue weighted by Gasteiger charge is 2.41. The molecule has 1 aliphatic rings. The first-order chi connectivity index (χ1) is 19.8. The average Bonchev–Trinajstić information content (AvgIpc) is 3.32. The lowest BCUT2D eigenvalue weighted by Crippen LogP contribution is -2.55. The number of carbonyl (C=O) groups excluding carboxylic acids is 3. The Hall–Kier alpha value is -3.57. The number of piperidine rings is 1. The third-order valence-corrected chi connectivity index (χ3v) is 10.1. The van der Waals surface area contributed by atoms with Crippen molar-refractivity contribution in [2.45, 2.75) is 84.5 Å². The van der Waals surface area contributed by atoms with Gasteiger partial charge in [0.25, 0.3) is 0 Å². The molecule has 42 heavy (non-hydrogen) atoms. The Morgan fingerprint density at radius 1 is 1.10 bits per heavy atom. The number of Topliss-reactive ketones (excluding diaryl/α,β-unsaturated/α-hetero) is 1. The molecule has 3 heterocycles. The molecule has 1 aliphatic heterocycles. The number of pyridine rings is 1. The highest BCUT2D eigenvalue weighted by atomic mass is 28.4. The summed E-state index contributed by atoms with van der Waals surface area (Å²) >= 11 is 0. The van der Waals surface area contributed by atoms with Crippen LogP contribution in [0.2, 0.25) is 19.1 Å². The van der Waals surface area contributed by atoms with Crippen LogP contribution in [-0.4, -0.2) is 71.4 Å². The van der Waals surface area contributed by atoms with Crippen LogP contribution >= 0.6 is 0 Å². The number of esters is 1. The van der Waals surface area contributed by atoms with Crippen LogP contribution < -0.4 is 0 Å². The van der Waals surface area contributed by atoms with E-state index in [2.05, 4.69) is 43.8 Å². The van der Waals surface area contributed by atoms with Crippen LogP contribution in [-0.2, 0) is 31.8 Å². The normalized spacial score (nSPS) is 17.7. The number of hydrogen-bond donors (Lipinski definition) is 0. The van der Waals surface area contributed by atoms with Crippen molar-refractivity contribution in [2.75, 3.05) is 13.7 Å². The SMILES string of the molecule is COC(=O)c1cc2ncn(CC(=O)C[C@@H]3[C@@H](O[Si](C)(C)CC(C)(C)C)CCCN3C(=O)OCc3ccccc3)c2cn1. The Bertz CT molecular complexity index is 1400. The number of likely N-dealkylation sites (tertiary alicyclic amines) is 1. The Labute approximate surface area is 248 Å². The minimum absolute atomic E-state index is 0.0503. The standard InChI is InChI=1S/C31H42N4O6Si/c1-31(2,3)20-42(5,6)41-28-13-10-14-35(30(38)40-19-22-11-8-7-9-12-22)26(28)15-23(36)18-34-21-33-24-16-25(29(37)39-4)32-17-27(24)34/h7-9,11-12,16-17,21,26,28H,10,13-15,18-20H2,1-6H3/t26-,28+/m1/s1. The quantitative estimate of drug-likeness (QED) is 0.220. The summed E-state index contributed by atoms with van der Waals surface area (Å²) in [6, 6.07) is 11.6. The molecule has 0 radical (unpaired) electrons.